The van der Waals surface area contributed by atoms with E-state index in [9.17, 15) is 9.90 Å². The van der Waals surface area contributed by atoms with Crippen molar-refractivity contribution in [1.82, 2.24) is 30.0 Å². The van der Waals surface area contributed by atoms with Crippen LogP contribution in [-0.2, 0) is 7.05 Å². The van der Waals surface area contributed by atoms with Crippen molar-refractivity contribution in [2.75, 3.05) is 0 Å². The Morgan fingerprint density at radius 2 is 2.15 bits per heavy atom. The summed E-state index contributed by atoms with van der Waals surface area (Å²) in [7, 11) is 1.83. The van der Waals surface area contributed by atoms with Gasteiger partial charge in [0.2, 0.25) is 0 Å². The van der Waals surface area contributed by atoms with Crippen LogP contribution in [0, 0.1) is 0 Å². The van der Waals surface area contributed by atoms with Crippen LogP contribution >= 0.6 is 0 Å². The highest BCUT2D eigenvalue weighted by Gasteiger charge is 2.18. The van der Waals surface area contributed by atoms with Gasteiger partial charge in [-0.25, -0.2) is 9.97 Å². The third-order valence-electron chi connectivity index (χ3n) is 4.12. The van der Waals surface area contributed by atoms with Crippen molar-refractivity contribution in [2.24, 2.45) is 7.05 Å². The second-order valence-electron chi connectivity index (χ2n) is 6.46. The second-order valence-corrected chi connectivity index (χ2v) is 6.46. The number of rotatable bonds is 3. The molecule has 4 aromatic rings. The van der Waals surface area contributed by atoms with Crippen molar-refractivity contribution >= 4 is 28.0 Å². The lowest BCUT2D eigenvalue weighted by Crippen LogP contribution is -2.29. The van der Waals surface area contributed by atoms with Gasteiger partial charge in [-0.05, 0) is 32.0 Å². The number of hydrogen-bond donors (Lipinski definition) is 3. The molecule has 8 nitrogen and oxygen atoms in total. The molecule has 0 saturated heterocycles. The Morgan fingerprint density at radius 1 is 1.35 bits per heavy atom. The van der Waals surface area contributed by atoms with Crippen molar-refractivity contribution in [2.45, 2.75) is 19.9 Å². The van der Waals surface area contributed by atoms with Gasteiger partial charge in [-0.15, -0.1) is 0 Å². The SMILES string of the molecule is CC(C)NC(=O)c1c[nH]c2ncc(-c3nn(C)c4ccc(O)cc34)nc12. The van der Waals surface area contributed by atoms with Gasteiger partial charge in [0, 0.05) is 24.7 Å². The van der Waals surface area contributed by atoms with Gasteiger partial charge in [0.15, 0.2) is 5.65 Å². The zero-order chi connectivity index (χ0) is 18.4. The largest absolute Gasteiger partial charge is 0.508 e. The number of nitrogens with zero attached hydrogens (tertiary/aromatic N) is 4. The van der Waals surface area contributed by atoms with Crippen LogP contribution in [0.25, 0.3) is 33.5 Å². The molecule has 0 unspecified atom stereocenters. The number of hydrogen-bond acceptors (Lipinski definition) is 5. The summed E-state index contributed by atoms with van der Waals surface area (Å²) in [5, 5.41) is 18.0. The summed E-state index contributed by atoms with van der Waals surface area (Å²) in [6.45, 7) is 3.80. The monoisotopic (exact) mass is 350 g/mol. The van der Waals surface area contributed by atoms with Crippen LogP contribution in [0.4, 0.5) is 0 Å². The van der Waals surface area contributed by atoms with E-state index in [-0.39, 0.29) is 17.7 Å². The molecule has 0 fully saturated rings. The van der Waals surface area contributed by atoms with Crippen LogP contribution in [0.1, 0.15) is 24.2 Å². The molecule has 132 valence electrons. The van der Waals surface area contributed by atoms with Crippen LogP contribution in [0.15, 0.2) is 30.6 Å². The Hall–Kier alpha value is -3.42. The van der Waals surface area contributed by atoms with E-state index in [1.165, 1.54) is 0 Å². The van der Waals surface area contributed by atoms with E-state index in [1.807, 2.05) is 20.9 Å². The van der Waals surface area contributed by atoms with Crippen LogP contribution in [0.2, 0.25) is 0 Å². The van der Waals surface area contributed by atoms with E-state index >= 15 is 0 Å². The molecule has 0 aliphatic carbocycles. The molecular formula is C18H18N6O2. The van der Waals surface area contributed by atoms with Gasteiger partial charge >= 0.3 is 0 Å². The number of aromatic nitrogens is 5. The number of phenolic OH excluding ortho intramolecular Hbond substituents is 1. The van der Waals surface area contributed by atoms with Crippen LogP contribution in [0.3, 0.4) is 0 Å². The maximum absolute atomic E-state index is 12.4. The van der Waals surface area contributed by atoms with Gasteiger partial charge in [0.05, 0.1) is 17.3 Å². The minimum absolute atomic E-state index is 0.0197. The number of amides is 1. The first-order valence-electron chi connectivity index (χ1n) is 8.25. The molecule has 3 N–H and O–H groups in total. The first-order chi connectivity index (χ1) is 12.4. The molecule has 0 aliphatic rings. The molecule has 0 bridgehead atoms. The summed E-state index contributed by atoms with van der Waals surface area (Å²) in [6, 6.07) is 5.08. The number of phenols is 1. The van der Waals surface area contributed by atoms with Crippen molar-refractivity contribution in [3.8, 4) is 17.1 Å². The topological polar surface area (TPSA) is 109 Å². The Morgan fingerprint density at radius 3 is 2.92 bits per heavy atom. The smallest absolute Gasteiger partial charge is 0.255 e. The summed E-state index contributed by atoms with van der Waals surface area (Å²) in [5.41, 5.74) is 3.46. The van der Waals surface area contributed by atoms with Crippen LogP contribution < -0.4 is 5.32 Å². The molecule has 0 spiro atoms. The van der Waals surface area contributed by atoms with Crippen molar-refractivity contribution < 1.29 is 9.90 Å². The summed E-state index contributed by atoms with van der Waals surface area (Å²) in [5.74, 6) is -0.0549. The number of benzene rings is 1. The summed E-state index contributed by atoms with van der Waals surface area (Å²) in [4.78, 5) is 24.3. The van der Waals surface area contributed by atoms with E-state index in [0.717, 1.165) is 10.9 Å². The standard InChI is InChI=1S/C18H18N6O2/c1-9(2)21-18(26)12-7-19-17-16(12)22-13(8-20-17)15-11-6-10(25)4-5-14(11)24(3)23-15/h4-9,25H,1-3H3,(H,19,20)(H,21,26). The third-order valence-corrected chi connectivity index (χ3v) is 4.12. The Labute approximate surface area is 148 Å². The molecule has 3 heterocycles. The first kappa shape index (κ1) is 16.1. The number of nitrogens with one attached hydrogen (secondary N) is 2. The highest BCUT2D eigenvalue weighted by molar-refractivity contribution is 6.05. The van der Waals surface area contributed by atoms with Gasteiger partial charge < -0.3 is 15.4 Å². The quantitative estimate of drug-likeness (QED) is 0.525. The number of aromatic amines is 1. The average molecular weight is 350 g/mol. The fourth-order valence-electron chi connectivity index (χ4n) is 2.96. The Kier molecular flexibility index (Phi) is 3.61. The van der Waals surface area contributed by atoms with Crippen molar-refractivity contribution in [3.63, 3.8) is 0 Å². The van der Waals surface area contributed by atoms with E-state index in [0.29, 0.717) is 28.1 Å². The predicted octanol–water partition coefficient (Wildman–Crippen LogP) is 2.36. The average Bonchev–Trinajstić information content (AvgIpc) is 3.15. The molecular weight excluding hydrogens is 332 g/mol. The molecule has 0 aliphatic heterocycles. The molecule has 0 saturated carbocycles. The van der Waals surface area contributed by atoms with E-state index in [4.69, 9.17) is 0 Å². The van der Waals surface area contributed by atoms with Gasteiger partial charge in [-0.3, -0.25) is 9.48 Å². The fraction of sp³-hybridized carbons (Fsp3) is 0.222. The summed E-state index contributed by atoms with van der Waals surface area (Å²) < 4.78 is 1.72. The van der Waals surface area contributed by atoms with Gasteiger partial charge in [0.25, 0.3) is 5.91 Å². The first-order valence-corrected chi connectivity index (χ1v) is 8.25. The minimum atomic E-state index is -0.207. The summed E-state index contributed by atoms with van der Waals surface area (Å²) >= 11 is 0. The van der Waals surface area contributed by atoms with Gasteiger partial charge in [0.1, 0.15) is 22.7 Å². The van der Waals surface area contributed by atoms with Crippen molar-refractivity contribution in [1.29, 1.82) is 0 Å². The number of aryl methyl sites for hydroxylation is 1. The maximum atomic E-state index is 12.4. The lowest BCUT2D eigenvalue weighted by Gasteiger charge is -2.06. The highest BCUT2D eigenvalue weighted by atomic mass is 16.3. The lowest BCUT2D eigenvalue weighted by atomic mass is 10.1. The number of H-pyrrole nitrogens is 1. The van der Waals surface area contributed by atoms with E-state index < -0.39 is 0 Å². The normalized spacial score (nSPS) is 11.5. The molecule has 1 aromatic carbocycles. The fourth-order valence-corrected chi connectivity index (χ4v) is 2.96. The van der Waals surface area contributed by atoms with Crippen molar-refractivity contribution in [3.05, 3.63) is 36.2 Å². The molecule has 1 amide bonds. The highest BCUT2D eigenvalue weighted by Crippen LogP contribution is 2.29. The van der Waals surface area contributed by atoms with E-state index in [1.54, 1.807) is 35.3 Å². The number of carbonyl (C=O) groups excluding carboxylic acids is 1. The third kappa shape index (κ3) is 2.55. The van der Waals surface area contributed by atoms with E-state index in [2.05, 4.69) is 25.4 Å². The molecule has 4 rings (SSSR count). The van der Waals surface area contributed by atoms with Crippen LogP contribution in [0.5, 0.6) is 5.75 Å². The summed E-state index contributed by atoms with van der Waals surface area (Å²) in [6.07, 6.45) is 3.21. The molecule has 0 radical (unpaired) electrons. The molecule has 26 heavy (non-hydrogen) atoms. The number of fused-ring (bicyclic) bond motifs is 2. The van der Waals surface area contributed by atoms with Gasteiger partial charge in [-0.1, -0.05) is 0 Å². The Balaban J connectivity index is 1.88. The maximum Gasteiger partial charge on any atom is 0.255 e. The molecule has 3 aromatic heterocycles. The predicted molar refractivity (Wildman–Crippen MR) is 97.9 cm³/mol. The number of carbonyl (C=O) groups is 1. The van der Waals surface area contributed by atoms with Crippen LogP contribution in [-0.4, -0.2) is 41.8 Å². The second kappa shape index (κ2) is 5.83. The zero-order valence-corrected chi connectivity index (χ0v) is 14.6. The number of aromatic hydroxyl groups is 1. The zero-order valence-electron chi connectivity index (χ0n) is 14.6. The lowest BCUT2D eigenvalue weighted by molar-refractivity contribution is 0.0944. The molecule has 8 heteroatoms. The molecule has 0 atom stereocenters. The van der Waals surface area contributed by atoms with Gasteiger partial charge in [-0.2, -0.15) is 5.10 Å². The minimum Gasteiger partial charge on any atom is -0.508 e. The Bertz CT molecular complexity index is 1140.